The zero-order valence-electron chi connectivity index (χ0n) is 7.72. The maximum absolute atomic E-state index is 9.07. The second-order valence-corrected chi connectivity index (χ2v) is 3.28. The first kappa shape index (κ1) is 9.80. The van der Waals surface area contributed by atoms with Crippen LogP contribution in [0, 0.1) is 0 Å². The standard InChI is InChI=1S/C11H8ClNO2/c12-10-2-1-3-11(13-10)15-9-6-4-8(14)5-7-9/h1-7,14H. The van der Waals surface area contributed by atoms with Gasteiger partial charge in [-0.15, -0.1) is 0 Å². The Morgan fingerprint density at radius 3 is 2.47 bits per heavy atom. The third-order valence-electron chi connectivity index (χ3n) is 1.75. The van der Waals surface area contributed by atoms with E-state index in [9.17, 15) is 0 Å². The lowest BCUT2D eigenvalue weighted by molar-refractivity contribution is 0.454. The van der Waals surface area contributed by atoms with E-state index < -0.39 is 0 Å². The quantitative estimate of drug-likeness (QED) is 0.792. The van der Waals surface area contributed by atoms with Crippen molar-refractivity contribution in [2.45, 2.75) is 0 Å². The second kappa shape index (κ2) is 4.19. The van der Waals surface area contributed by atoms with Crippen LogP contribution in [0.15, 0.2) is 42.5 Å². The molecule has 0 spiro atoms. The first-order valence-electron chi connectivity index (χ1n) is 4.33. The van der Waals surface area contributed by atoms with Crippen molar-refractivity contribution in [1.29, 1.82) is 0 Å². The van der Waals surface area contributed by atoms with Crippen LogP contribution in [-0.4, -0.2) is 10.1 Å². The van der Waals surface area contributed by atoms with Gasteiger partial charge in [0.2, 0.25) is 5.88 Å². The Morgan fingerprint density at radius 1 is 1.07 bits per heavy atom. The number of benzene rings is 1. The molecule has 0 saturated heterocycles. The molecule has 0 unspecified atom stereocenters. The van der Waals surface area contributed by atoms with E-state index in [2.05, 4.69) is 4.98 Å². The Bertz CT molecular complexity index is 456. The first-order chi connectivity index (χ1) is 7.24. The number of nitrogens with zero attached hydrogens (tertiary/aromatic N) is 1. The average molecular weight is 222 g/mol. The summed E-state index contributed by atoms with van der Waals surface area (Å²) in [7, 11) is 0. The molecule has 1 aromatic carbocycles. The van der Waals surface area contributed by atoms with Gasteiger partial charge in [0.1, 0.15) is 16.7 Å². The molecule has 3 nitrogen and oxygen atoms in total. The van der Waals surface area contributed by atoms with Crippen molar-refractivity contribution in [3.8, 4) is 17.4 Å². The van der Waals surface area contributed by atoms with Gasteiger partial charge in [-0.05, 0) is 30.3 Å². The summed E-state index contributed by atoms with van der Waals surface area (Å²) in [5.41, 5.74) is 0. The van der Waals surface area contributed by atoms with Crippen LogP contribution < -0.4 is 4.74 Å². The predicted octanol–water partition coefficient (Wildman–Crippen LogP) is 3.23. The number of phenols is 1. The van der Waals surface area contributed by atoms with Crippen LogP contribution in [0.2, 0.25) is 5.15 Å². The molecule has 76 valence electrons. The lowest BCUT2D eigenvalue weighted by Crippen LogP contribution is -1.86. The van der Waals surface area contributed by atoms with E-state index >= 15 is 0 Å². The first-order valence-corrected chi connectivity index (χ1v) is 4.71. The number of phenolic OH excluding ortho intramolecular Hbond substituents is 1. The molecule has 0 amide bonds. The number of pyridine rings is 1. The van der Waals surface area contributed by atoms with Crippen molar-refractivity contribution in [3.05, 3.63) is 47.6 Å². The van der Waals surface area contributed by atoms with E-state index in [0.29, 0.717) is 16.8 Å². The predicted molar refractivity (Wildman–Crippen MR) is 57.4 cm³/mol. The van der Waals surface area contributed by atoms with Gasteiger partial charge >= 0.3 is 0 Å². The van der Waals surface area contributed by atoms with Crippen molar-refractivity contribution in [2.75, 3.05) is 0 Å². The molecule has 2 aromatic rings. The third-order valence-corrected chi connectivity index (χ3v) is 1.96. The van der Waals surface area contributed by atoms with Gasteiger partial charge in [0.15, 0.2) is 0 Å². The summed E-state index contributed by atoms with van der Waals surface area (Å²) in [5.74, 6) is 1.22. The normalized spacial score (nSPS) is 9.93. The Kier molecular flexibility index (Phi) is 2.74. The van der Waals surface area contributed by atoms with Gasteiger partial charge in [-0.1, -0.05) is 17.7 Å². The van der Waals surface area contributed by atoms with Crippen molar-refractivity contribution < 1.29 is 9.84 Å². The zero-order chi connectivity index (χ0) is 10.7. The number of hydrogen-bond donors (Lipinski definition) is 1. The van der Waals surface area contributed by atoms with Gasteiger partial charge in [-0.3, -0.25) is 0 Å². The molecule has 0 radical (unpaired) electrons. The van der Waals surface area contributed by atoms with Gasteiger partial charge in [0.05, 0.1) is 0 Å². The third kappa shape index (κ3) is 2.60. The molecule has 0 aliphatic rings. The van der Waals surface area contributed by atoms with E-state index in [0.717, 1.165) is 0 Å². The molecule has 0 fully saturated rings. The lowest BCUT2D eigenvalue weighted by Gasteiger charge is -2.04. The highest BCUT2D eigenvalue weighted by molar-refractivity contribution is 6.29. The molecular weight excluding hydrogens is 214 g/mol. The van der Waals surface area contributed by atoms with Crippen molar-refractivity contribution in [1.82, 2.24) is 4.98 Å². The molecule has 0 aliphatic heterocycles. The Labute approximate surface area is 91.9 Å². The molecule has 15 heavy (non-hydrogen) atoms. The van der Waals surface area contributed by atoms with E-state index in [1.54, 1.807) is 42.5 Å². The number of halogens is 1. The van der Waals surface area contributed by atoms with E-state index in [1.807, 2.05) is 0 Å². The number of aromatic nitrogens is 1. The van der Waals surface area contributed by atoms with Gasteiger partial charge in [-0.25, -0.2) is 4.98 Å². The van der Waals surface area contributed by atoms with Crippen LogP contribution in [0.5, 0.6) is 17.4 Å². The summed E-state index contributed by atoms with van der Waals surface area (Å²) in [6, 6.07) is 11.5. The van der Waals surface area contributed by atoms with Crippen LogP contribution in [0.3, 0.4) is 0 Å². The summed E-state index contributed by atoms with van der Waals surface area (Å²) in [6.45, 7) is 0. The molecule has 0 saturated carbocycles. The van der Waals surface area contributed by atoms with Crippen LogP contribution in [0.25, 0.3) is 0 Å². The smallest absolute Gasteiger partial charge is 0.220 e. The fourth-order valence-electron chi connectivity index (χ4n) is 1.08. The highest BCUT2D eigenvalue weighted by Gasteiger charge is 1.99. The molecular formula is C11H8ClNO2. The maximum Gasteiger partial charge on any atom is 0.220 e. The van der Waals surface area contributed by atoms with E-state index in [-0.39, 0.29) is 5.75 Å². The SMILES string of the molecule is Oc1ccc(Oc2cccc(Cl)n2)cc1. The number of ether oxygens (including phenoxy) is 1. The van der Waals surface area contributed by atoms with Crippen molar-refractivity contribution >= 4 is 11.6 Å². The molecule has 1 aromatic heterocycles. The second-order valence-electron chi connectivity index (χ2n) is 2.89. The van der Waals surface area contributed by atoms with Crippen LogP contribution >= 0.6 is 11.6 Å². The number of hydrogen-bond acceptors (Lipinski definition) is 3. The van der Waals surface area contributed by atoms with Gasteiger partial charge in [0.25, 0.3) is 0 Å². The van der Waals surface area contributed by atoms with Crippen LogP contribution in [-0.2, 0) is 0 Å². The fraction of sp³-hybridized carbons (Fsp3) is 0. The van der Waals surface area contributed by atoms with E-state index in [4.69, 9.17) is 21.4 Å². The molecule has 1 heterocycles. The fourth-order valence-corrected chi connectivity index (χ4v) is 1.24. The number of aromatic hydroxyl groups is 1. The van der Waals surface area contributed by atoms with Crippen molar-refractivity contribution in [3.63, 3.8) is 0 Å². The van der Waals surface area contributed by atoms with Crippen LogP contribution in [0.4, 0.5) is 0 Å². The van der Waals surface area contributed by atoms with Gasteiger partial charge in [0, 0.05) is 6.07 Å². The molecule has 2 rings (SSSR count). The Morgan fingerprint density at radius 2 is 1.80 bits per heavy atom. The largest absolute Gasteiger partial charge is 0.508 e. The summed E-state index contributed by atoms with van der Waals surface area (Å²) >= 11 is 5.71. The molecule has 1 N–H and O–H groups in total. The summed E-state index contributed by atoms with van der Waals surface area (Å²) in [6.07, 6.45) is 0. The highest BCUT2D eigenvalue weighted by Crippen LogP contribution is 2.22. The minimum atomic E-state index is 0.196. The molecule has 0 aliphatic carbocycles. The monoisotopic (exact) mass is 221 g/mol. The number of rotatable bonds is 2. The molecule has 4 heteroatoms. The maximum atomic E-state index is 9.07. The van der Waals surface area contributed by atoms with E-state index in [1.165, 1.54) is 0 Å². The topological polar surface area (TPSA) is 42.4 Å². The van der Waals surface area contributed by atoms with Crippen molar-refractivity contribution in [2.24, 2.45) is 0 Å². The Balaban J connectivity index is 2.18. The molecule has 0 atom stereocenters. The summed E-state index contributed by atoms with van der Waals surface area (Å²) < 4.78 is 5.41. The average Bonchev–Trinajstić information content (AvgIpc) is 2.22. The van der Waals surface area contributed by atoms with Crippen LogP contribution in [0.1, 0.15) is 0 Å². The highest BCUT2D eigenvalue weighted by atomic mass is 35.5. The lowest BCUT2D eigenvalue weighted by atomic mass is 10.3. The van der Waals surface area contributed by atoms with Gasteiger partial charge < -0.3 is 9.84 Å². The minimum absolute atomic E-state index is 0.196. The molecule has 0 bridgehead atoms. The zero-order valence-corrected chi connectivity index (χ0v) is 8.48. The Hall–Kier alpha value is -1.74. The summed E-state index contributed by atoms with van der Waals surface area (Å²) in [5, 5.41) is 9.46. The minimum Gasteiger partial charge on any atom is -0.508 e. The van der Waals surface area contributed by atoms with Gasteiger partial charge in [-0.2, -0.15) is 0 Å². The summed E-state index contributed by atoms with van der Waals surface area (Å²) in [4.78, 5) is 3.97.